The smallest absolute Gasteiger partial charge is 0.182 e. The van der Waals surface area contributed by atoms with Crippen LogP contribution in [0.5, 0.6) is 0 Å². The Bertz CT molecular complexity index is 870. The number of hydrogen-bond acceptors (Lipinski definition) is 2. The van der Waals surface area contributed by atoms with E-state index in [1.54, 1.807) is 6.07 Å². The van der Waals surface area contributed by atoms with E-state index in [-0.39, 0.29) is 0 Å². The number of H-pyrrole nitrogens is 1. The minimum atomic E-state index is 0.576. The Labute approximate surface area is 119 Å². The van der Waals surface area contributed by atoms with Crippen molar-refractivity contribution in [1.82, 2.24) is 9.55 Å². The quantitative estimate of drug-likeness (QED) is 0.681. The van der Waals surface area contributed by atoms with Crippen LogP contribution < -0.4 is 0 Å². The van der Waals surface area contributed by atoms with Crippen molar-refractivity contribution in [3.05, 3.63) is 57.8 Å². The Morgan fingerprint density at radius 2 is 2.05 bits per heavy atom. The summed E-state index contributed by atoms with van der Waals surface area (Å²) >= 11 is 11.4. The molecule has 0 fully saturated rings. The maximum Gasteiger partial charge on any atom is 0.182 e. The van der Waals surface area contributed by atoms with Gasteiger partial charge in [0.25, 0.3) is 0 Å². The van der Waals surface area contributed by atoms with Gasteiger partial charge in [0.2, 0.25) is 0 Å². The summed E-state index contributed by atoms with van der Waals surface area (Å²) in [4.78, 5) is 3.12. The zero-order chi connectivity index (χ0) is 13.4. The van der Waals surface area contributed by atoms with Gasteiger partial charge in [-0.1, -0.05) is 17.7 Å². The lowest BCUT2D eigenvalue weighted by atomic mass is 10.2. The Morgan fingerprint density at radius 3 is 2.79 bits per heavy atom. The fourth-order valence-electron chi connectivity index (χ4n) is 2.04. The number of halogens is 1. The molecule has 1 N–H and O–H groups in total. The molecule has 3 nitrogen and oxygen atoms in total. The molecule has 2 aromatic carbocycles. The van der Waals surface area contributed by atoms with E-state index in [4.69, 9.17) is 29.1 Å². The molecule has 0 amide bonds. The zero-order valence-corrected chi connectivity index (χ0v) is 11.3. The Hall–Kier alpha value is -2.09. The Kier molecular flexibility index (Phi) is 2.86. The number of rotatable bonds is 1. The number of nitrogens with zero attached hydrogens (tertiary/aromatic N) is 2. The predicted octanol–water partition coefficient (Wildman–Crippen LogP) is 4.21. The lowest BCUT2D eigenvalue weighted by Gasteiger charge is -2.05. The maximum absolute atomic E-state index is 8.99. The van der Waals surface area contributed by atoms with Crippen molar-refractivity contribution in [3.8, 4) is 11.8 Å². The second-order valence-corrected chi connectivity index (χ2v) is 4.91. The van der Waals surface area contributed by atoms with Crippen molar-refractivity contribution in [3.63, 3.8) is 0 Å². The molecule has 0 aliphatic rings. The summed E-state index contributed by atoms with van der Waals surface area (Å²) < 4.78 is 2.45. The standard InChI is InChI=1S/C14H8ClN3S/c15-10-2-1-3-11(7-10)18-13-6-9(8-16)4-5-12(13)17-14(18)19/h1-7H,(H,17,19). The maximum atomic E-state index is 8.99. The molecule has 0 bridgehead atoms. The van der Waals surface area contributed by atoms with E-state index in [0.717, 1.165) is 16.7 Å². The first-order valence-electron chi connectivity index (χ1n) is 5.60. The average molecular weight is 286 g/mol. The van der Waals surface area contributed by atoms with Gasteiger partial charge in [0.05, 0.1) is 22.7 Å². The van der Waals surface area contributed by atoms with Crippen molar-refractivity contribution < 1.29 is 0 Å². The molecule has 0 radical (unpaired) electrons. The van der Waals surface area contributed by atoms with E-state index in [2.05, 4.69) is 11.1 Å². The SMILES string of the molecule is N#Cc1ccc2[nH]c(=S)n(-c3cccc(Cl)c3)c2c1. The monoisotopic (exact) mass is 285 g/mol. The van der Waals surface area contributed by atoms with E-state index in [1.165, 1.54) is 0 Å². The van der Waals surface area contributed by atoms with Crippen molar-refractivity contribution >= 4 is 34.9 Å². The molecule has 1 aromatic heterocycles. The molecule has 0 saturated carbocycles. The predicted molar refractivity (Wildman–Crippen MR) is 78.2 cm³/mol. The van der Waals surface area contributed by atoms with Crippen LogP contribution in [0.25, 0.3) is 16.7 Å². The van der Waals surface area contributed by atoms with E-state index in [0.29, 0.717) is 15.4 Å². The first-order valence-corrected chi connectivity index (χ1v) is 6.38. The van der Waals surface area contributed by atoms with Crippen molar-refractivity contribution in [1.29, 1.82) is 5.26 Å². The van der Waals surface area contributed by atoms with Gasteiger partial charge in [-0.05, 0) is 48.6 Å². The van der Waals surface area contributed by atoms with Crippen LogP contribution in [0.1, 0.15) is 5.56 Å². The van der Waals surface area contributed by atoms with Gasteiger partial charge in [0.15, 0.2) is 4.77 Å². The number of aromatic amines is 1. The molecular weight excluding hydrogens is 278 g/mol. The fourth-order valence-corrected chi connectivity index (χ4v) is 2.54. The molecule has 3 aromatic rings. The summed E-state index contributed by atoms with van der Waals surface area (Å²) in [5, 5.41) is 9.64. The Morgan fingerprint density at radius 1 is 1.21 bits per heavy atom. The highest BCUT2D eigenvalue weighted by atomic mass is 35.5. The summed E-state index contributed by atoms with van der Waals surface area (Å²) in [6.07, 6.45) is 0. The lowest BCUT2D eigenvalue weighted by Crippen LogP contribution is -1.93. The molecule has 1 heterocycles. The normalized spacial score (nSPS) is 10.5. The molecule has 0 saturated heterocycles. The van der Waals surface area contributed by atoms with Crippen molar-refractivity contribution in [2.24, 2.45) is 0 Å². The van der Waals surface area contributed by atoms with Crippen LogP contribution >= 0.6 is 23.8 Å². The van der Waals surface area contributed by atoms with Crippen LogP contribution in [-0.2, 0) is 0 Å². The van der Waals surface area contributed by atoms with Crippen LogP contribution in [0.4, 0.5) is 0 Å². The Balaban J connectivity index is 2.37. The van der Waals surface area contributed by atoms with E-state index in [1.807, 2.05) is 41.0 Å². The molecule has 0 aliphatic carbocycles. The number of imidazole rings is 1. The third-order valence-electron chi connectivity index (χ3n) is 2.88. The summed E-state index contributed by atoms with van der Waals surface area (Å²) in [7, 11) is 0. The van der Waals surface area contributed by atoms with Crippen LogP contribution in [0.2, 0.25) is 5.02 Å². The molecule has 0 aliphatic heterocycles. The van der Waals surface area contributed by atoms with Crippen LogP contribution in [0.3, 0.4) is 0 Å². The minimum Gasteiger partial charge on any atom is -0.330 e. The van der Waals surface area contributed by atoms with Crippen LogP contribution in [-0.4, -0.2) is 9.55 Å². The fraction of sp³-hybridized carbons (Fsp3) is 0. The van der Waals surface area contributed by atoms with E-state index < -0.39 is 0 Å². The zero-order valence-electron chi connectivity index (χ0n) is 9.72. The van der Waals surface area contributed by atoms with Gasteiger partial charge < -0.3 is 4.98 Å². The molecule has 19 heavy (non-hydrogen) atoms. The molecule has 5 heteroatoms. The van der Waals surface area contributed by atoms with Crippen molar-refractivity contribution in [2.75, 3.05) is 0 Å². The van der Waals surface area contributed by atoms with Gasteiger partial charge in [-0.15, -0.1) is 0 Å². The summed E-state index contributed by atoms with van der Waals surface area (Å²) in [5.41, 5.74) is 3.23. The molecule has 0 unspecified atom stereocenters. The highest BCUT2D eigenvalue weighted by Crippen LogP contribution is 2.22. The van der Waals surface area contributed by atoms with Gasteiger partial charge in [-0.3, -0.25) is 4.57 Å². The number of nitrogens with one attached hydrogen (secondary N) is 1. The first-order chi connectivity index (χ1) is 9.19. The molecular formula is C14H8ClN3S. The van der Waals surface area contributed by atoms with E-state index in [9.17, 15) is 0 Å². The third kappa shape index (κ3) is 2.03. The molecule has 3 rings (SSSR count). The van der Waals surface area contributed by atoms with Gasteiger partial charge >= 0.3 is 0 Å². The minimum absolute atomic E-state index is 0.576. The van der Waals surface area contributed by atoms with Crippen LogP contribution in [0, 0.1) is 16.1 Å². The molecule has 92 valence electrons. The third-order valence-corrected chi connectivity index (χ3v) is 3.40. The number of aromatic nitrogens is 2. The molecule has 0 atom stereocenters. The van der Waals surface area contributed by atoms with Gasteiger partial charge in [0.1, 0.15) is 0 Å². The van der Waals surface area contributed by atoms with Crippen molar-refractivity contribution in [2.45, 2.75) is 0 Å². The molecule has 0 spiro atoms. The van der Waals surface area contributed by atoms with Gasteiger partial charge in [-0.25, -0.2) is 0 Å². The summed E-state index contributed by atoms with van der Waals surface area (Å²) in [5.74, 6) is 0. The topological polar surface area (TPSA) is 44.5 Å². The first kappa shape index (κ1) is 12.0. The van der Waals surface area contributed by atoms with Crippen LogP contribution in [0.15, 0.2) is 42.5 Å². The van der Waals surface area contributed by atoms with Gasteiger partial charge in [-0.2, -0.15) is 5.26 Å². The summed E-state index contributed by atoms with van der Waals surface area (Å²) in [6.45, 7) is 0. The number of hydrogen-bond donors (Lipinski definition) is 1. The largest absolute Gasteiger partial charge is 0.330 e. The van der Waals surface area contributed by atoms with E-state index >= 15 is 0 Å². The summed E-state index contributed by atoms with van der Waals surface area (Å²) in [6, 6.07) is 15.0. The van der Waals surface area contributed by atoms with Gasteiger partial charge in [0, 0.05) is 10.7 Å². The average Bonchev–Trinajstić information content (AvgIpc) is 2.73. The second-order valence-electron chi connectivity index (χ2n) is 4.09. The second kappa shape index (κ2) is 4.54. The number of fused-ring (bicyclic) bond motifs is 1. The lowest BCUT2D eigenvalue weighted by molar-refractivity contribution is 1.06. The number of benzene rings is 2. The highest BCUT2D eigenvalue weighted by molar-refractivity contribution is 7.71. The highest BCUT2D eigenvalue weighted by Gasteiger charge is 2.07. The number of nitriles is 1.